The normalized spacial score (nSPS) is 10.5. The number of aromatic nitrogens is 3. The van der Waals surface area contributed by atoms with Crippen LogP contribution in [0.15, 0.2) is 18.2 Å². The first-order chi connectivity index (χ1) is 13.9. The monoisotopic (exact) mass is 395 g/mol. The molecule has 2 aromatic rings. The van der Waals surface area contributed by atoms with Gasteiger partial charge in [0, 0.05) is 45.1 Å². The van der Waals surface area contributed by atoms with Gasteiger partial charge in [-0.3, -0.25) is 0 Å². The average molecular weight is 396 g/mol. The highest BCUT2D eigenvalue weighted by Crippen LogP contribution is 2.29. The number of nitriles is 1. The van der Waals surface area contributed by atoms with Crippen molar-refractivity contribution in [3.8, 4) is 6.07 Å². The molecule has 0 aliphatic heterocycles. The smallest absolute Gasteiger partial charge is 0.234 e. The quantitative estimate of drug-likeness (QED) is 0.596. The van der Waals surface area contributed by atoms with Crippen molar-refractivity contribution < 1.29 is 0 Å². The summed E-state index contributed by atoms with van der Waals surface area (Å²) in [7, 11) is 4.08. The first kappa shape index (κ1) is 22.4. The van der Waals surface area contributed by atoms with Crippen LogP contribution in [-0.4, -0.2) is 48.7 Å². The largest absolute Gasteiger partial charge is 0.378 e. The summed E-state index contributed by atoms with van der Waals surface area (Å²) in [5.74, 6) is 1.98. The van der Waals surface area contributed by atoms with Crippen LogP contribution in [-0.2, 0) is 0 Å². The van der Waals surface area contributed by atoms with Crippen molar-refractivity contribution in [3.05, 3.63) is 29.6 Å². The van der Waals surface area contributed by atoms with Gasteiger partial charge in [0.05, 0.1) is 12.5 Å². The molecule has 7 nitrogen and oxygen atoms in total. The number of benzene rings is 1. The zero-order valence-electron chi connectivity index (χ0n) is 18.6. The van der Waals surface area contributed by atoms with E-state index in [1.165, 1.54) is 5.56 Å². The van der Waals surface area contributed by atoms with E-state index < -0.39 is 0 Å². The third-order valence-corrected chi connectivity index (χ3v) is 4.83. The molecule has 0 atom stereocenters. The van der Waals surface area contributed by atoms with Crippen LogP contribution in [0.3, 0.4) is 0 Å². The molecule has 29 heavy (non-hydrogen) atoms. The van der Waals surface area contributed by atoms with Gasteiger partial charge in [-0.05, 0) is 51.0 Å². The Morgan fingerprint density at radius 1 is 1.00 bits per heavy atom. The minimum Gasteiger partial charge on any atom is -0.378 e. The molecule has 1 heterocycles. The predicted molar refractivity (Wildman–Crippen MR) is 120 cm³/mol. The number of unbranched alkanes of at least 4 members (excludes halogenated alkanes) is 1. The summed E-state index contributed by atoms with van der Waals surface area (Å²) in [6.45, 7) is 10.5. The molecule has 0 unspecified atom stereocenters. The molecule has 0 saturated heterocycles. The Labute approximate surface area is 175 Å². The van der Waals surface area contributed by atoms with Gasteiger partial charge >= 0.3 is 0 Å². The number of hydrogen-bond acceptors (Lipinski definition) is 7. The lowest BCUT2D eigenvalue weighted by atomic mass is 10.1. The molecule has 7 heteroatoms. The lowest BCUT2D eigenvalue weighted by Crippen LogP contribution is -2.29. The van der Waals surface area contributed by atoms with Crippen LogP contribution in [0.1, 0.15) is 44.5 Å². The van der Waals surface area contributed by atoms with E-state index in [2.05, 4.69) is 69.7 Å². The summed E-state index contributed by atoms with van der Waals surface area (Å²) in [5, 5.41) is 9.02. The average Bonchev–Trinajstić information content (AvgIpc) is 2.69. The molecule has 0 radical (unpaired) electrons. The van der Waals surface area contributed by atoms with E-state index in [4.69, 9.17) is 10.2 Å². The van der Waals surface area contributed by atoms with Crippen molar-refractivity contribution in [1.29, 1.82) is 5.26 Å². The van der Waals surface area contributed by atoms with Crippen LogP contribution in [0.25, 0.3) is 0 Å². The van der Waals surface area contributed by atoms with Gasteiger partial charge in [0.1, 0.15) is 5.82 Å². The Bertz CT molecular complexity index is 842. The first-order valence-corrected chi connectivity index (χ1v) is 10.3. The second kappa shape index (κ2) is 10.6. The molecule has 0 bridgehead atoms. The van der Waals surface area contributed by atoms with Gasteiger partial charge in [0.25, 0.3) is 0 Å². The third kappa shape index (κ3) is 5.80. The summed E-state index contributed by atoms with van der Waals surface area (Å²) in [6, 6.07) is 8.64. The van der Waals surface area contributed by atoms with Gasteiger partial charge in [-0.1, -0.05) is 13.3 Å². The zero-order valence-corrected chi connectivity index (χ0v) is 18.6. The predicted octanol–water partition coefficient (Wildman–Crippen LogP) is 4.23. The van der Waals surface area contributed by atoms with Crippen LogP contribution in [0.4, 0.5) is 23.3 Å². The van der Waals surface area contributed by atoms with Crippen molar-refractivity contribution in [2.75, 3.05) is 48.4 Å². The van der Waals surface area contributed by atoms with Crippen LogP contribution in [0.2, 0.25) is 0 Å². The van der Waals surface area contributed by atoms with Crippen molar-refractivity contribution in [3.63, 3.8) is 0 Å². The number of anilines is 4. The summed E-state index contributed by atoms with van der Waals surface area (Å²) in [6.07, 6.45) is 2.57. The third-order valence-electron chi connectivity index (χ3n) is 4.83. The molecule has 0 N–H and O–H groups in total. The topological polar surface area (TPSA) is 72.2 Å². The van der Waals surface area contributed by atoms with E-state index in [-0.39, 0.29) is 0 Å². The molecule has 0 aliphatic rings. The number of nitrogens with zero attached hydrogens (tertiary/aromatic N) is 7. The highest BCUT2D eigenvalue weighted by Gasteiger charge is 2.18. The summed E-state index contributed by atoms with van der Waals surface area (Å²) in [4.78, 5) is 20.3. The molecule has 156 valence electrons. The second-order valence-electron chi connectivity index (χ2n) is 7.34. The molecule has 0 saturated carbocycles. The minimum atomic E-state index is 0.451. The first-order valence-electron chi connectivity index (χ1n) is 10.3. The molecule has 0 amide bonds. The summed E-state index contributed by atoms with van der Waals surface area (Å²) in [5.41, 5.74) is 3.42. The van der Waals surface area contributed by atoms with Gasteiger partial charge in [-0.15, -0.1) is 0 Å². The Balaban J connectivity index is 2.43. The molecular weight excluding hydrogens is 362 g/mol. The standard InChI is InChI=1S/C22H33N7/c1-7-9-14-28(15-10-13-23)21-24-18(4)25-22(26-21)29(8-2)20-12-11-19(27(5)6)16-17(20)3/h11-12,16H,7-10,14-15H2,1-6H3. The fourth-order valence-electron chi connectivity index (χ4n) is 3.20. The lowest BCUT2D eigenvalue weighted by molar-refractivity contribution is 0.693. The van der Waals surface area contributed by atoms with Gasteiger partial charge in [0.15, 0.2) is 0 Å². The van der Waals surface area contributed by atoms with Crippen molar-refractivity contribution in [2.24, 2.45) is 0 Å². The Morgan fingerprint density at radius 2 is 1.72 bits per heavy atom. The van der Waals surface area contributed by atoms with Crippen molar-refractivity contribution in [2.45, 2.75) is 47.0 Å². The van der Waals surface area contributed by atoms with Crippen LogP contribution in [0.5, 0.6) is 0 Å². The van der Waals surface area contributed by atoms with E-state index in [1.54, 1.807) is 0 Å². The molecular formula is C22H33N7. The fraction of sp³-hybridized carbons (Fsp3) is 0.545. The van der Waals surface area contributed by atoms with E-state index in [9.17, 15) is 0 Å². The number of rotatable bonds is 10. The van der Waals surface area contributed by atoms with E-state index in [0.29, 0.717) is 30.7 Å². The van der Waals surface area contributed by atoms with Gasteiger partial charge < -0.3 is 14.7 Å². The Morgan fingerprint density at radius 3 is 2.31 bits per heavy atom. The Hall–Kier alpha value is -2.88. The van der Waals surface area contributed by atoms with E-state index >= 15 is 0 Å². The highest BCUT2D eigenvalue weighted by molar-refractivity contribution is 5.66. The van der Waals surface area contributed by atoms with Crippen LogP contribution < -0.4 is 14.7 Å². The maximum Gasteiger partial charge on any atom is 0.234 e. The lowest BCUT2D eigenvalue weighted by Gasteiger charge is -2.27. The van der Waals surface area contributed by atoms with Crippen molar-refractivity contribution in [1.82, 2.24) is 15.0 Å². The molecule has 0 spiro atoms. The van der Waals surface area contributed by atoms with E-state index in [1.807, 2.05) is 21.0 Å². The van der Waals surface area contributed by atoms with Gasteiger partial charge in [-0.2, -0.15) is 20.2 Å². The molecule has 1 aromatic carbocycles. The molecule has 2 rings (SSSR count). The van der Waals surface area contributed by atoms with Crippen molar-refractivity contribution >= 4 is 23.3 Å². The number of hydrogen-bond donors (Lipinski definition) is 0. The van der Waals surface area contributed by atoms with Crippen LogP contribution >= 0.6 is 0 Å². The minimum absolute atomic E-state index is 0.451. The highest BCUT2D eigenvalue weighted by atomic mass is 15.3. The zero-order chi connectivity index (χ0) is 21.4. The SMILES string of the molecule is CCCCN(CCC#N)c1nc(C)nc(N(CC)c2ccc(N(C)C)cc2C)n1. The fourth-order valence-corrected chi connectivity index (χ4v) is 3.20. The maximum atomic E-state index is 9.02. The second-order valence-corrected chi connectivity index (χ2v) is 7.34. The Kier molecular flexibility index (Phi) is 8.20. The molecule has 0 aliphatic carbocycles. The van der Waals surface area contributed by atoms with Crippen LogP contribution in [0, 0.1) is 25.2 Å². The molecule has 0 fully saturated rings. The summed E-state index contributed by atoms with van der Waals surface area (Å²) < 4.78 is 0. The van der Waals surface area contributed by atoms with Gasteiger partial charge in [0.2, 0.25) is 11.9 Å². The molecule has 1 aromatic heterocycles. The van der Waals surface area contributed by atoms with Gasteiger partial charge in [-0.25, -0.2) is 0 Å². The maximum absolute atomic E-state index is 9.02. The summed E-state index contributed by atoms with van der Waals surface area (Å²) >= 11 is 0. The number of aryl methyl sites for hydroxylation is 2. The van der Waals surface area contributed by atoms with E-state index in [0.717, 1.165) is 37.3 Å².